The predicted molar refractivity (Wildman–Crippen MR) is 73.6 cm³/mol. The molecule has 0 saturated heterocycles. The molecule has 0 bridgehead atoms. The van der Waals surface area contributed by atoms with Gasteiger partial charge in [-0.25, -0.2) is 0 Å². The van der Waals surface area contributed by atoms with Crippen molar-refractivity contribution in [3.05, 3.63) is 47.5 Å². The molecule has 0 aliphatic heterocycles. The van der Waals surface area contributed by atoms with Crippen molar-refractivity contribution in [1.82, 2.24) is 0 Å². The molecule has 0 aliphatic carbocycles. The van der Waals surface area contributed by atoms with Crippen LogP contribution < -0.4 is 11.5 Å². The minimum absolute atomic E-state index is 0.800. The molecular formula is C14H16N4. The highest BCUT2D eigenvalue weighted by Gasteiger charge is 2.05. The van der Waals surface area contributed by atoms with E-state index in [1.54, 1.807) is 0 Å². The van der Waals surface area contributed by atoms with Crippen molar-refractivity contribution in [1.29, 1.82) is 10.8 Å². The van der Waals surface area contributed by atoms with Crippen molar-refractivity contribution >= 4 is 11.4 Å². The summed E-state index contributed by atoms with van der Waals surface area (Å²) in [5.74, 6) is 0. The van der Waals surface area contributed by atoms with Gasteiger partial charge in [0, 0.05) is 22.2 Å². The van der Waals surface area contributed by atoms with Crippen molar-refractivity contribution in [3.63, 3.8) is 0 Å². The van der Waals surface area contributed by atoms with Gasteiger partial charge in [-0.15, -0.1) is 0 Å². The Kier molecular flexibility index (Phi) is 4.27. The fourth-order valence-corrected chi connectivity index (χ4v) is 1.98. The first-order valence-electron chi connectivity index (χ1n) is 5.50. The first kappa shape index (κ1) is 13.5. The summed E-state index contributed by atoms with van der Waals surface area (Å²) < 4.78 is 0. The minimum atomic E-state index is 0.800. The lowest BCUT2D eigenvalue weighted by Gasteiger charge is -2.10. The lowest BCUT2D eigenvalue weighted by molar-refractivity contribution is 1.15. The third-order valence-electron chi connectivity index (χ3n) is 2.79. The lowest BCUT2D eigenvalue weighted by atomic mass is 9.96. The highest BCUT2D eigenvalue weighted by molar-refractivity contribution is 5.73. The van der Waals surface area contributed by atoms with Gasteiger partial charge in [-0.2, -0.15) is 0 Å². The summed E-state index contributed by atoms with van der Waals surface area (Å²) in [6.45, 7) is 4.14. The molecule has 0 saturated carbocycles. The van der Waals surface area contributed by atoms with Crippen LogP contribution in [0.2, 0.25) is 0 Å². The maximum atomic E-state index is 6.00. The number of rotatable bonds is 1. The molecule has 0 radical (unpaired) electrons. The topological polar surface area (TPSA) is 99.6 Å². The molecule has 92 valence electrons. The Hall–Kier alpha value is -2.54. The van der Waals surface area contributed by atoms with E-state index >= 15 is 0 Å². The monoisotopic (exact) mass is 240 g/mol. The zero-order valence-electron chi connectivity index (χ0n) is 10.5. The summed E-state index contributed by atoms with van der Waals surface area (Å²) in [4.78, 5) is 0. The molecule has 4 nitrogen and oxygen atoms in total. The molecule has 4 N–H and O–H groups in total. The van der Waals surface area contributed by atoms with Gasteiger partial charge in [-0.1, -0.05) is 12.1 Å². The molecule has 0 spiro atoms. The SMILES string of the molecule is Cc1cc(N)ccc1-c1ccc(N)cc1C.N#N. The van der Waals surface area contributed by atoms with Crippen LogP contribution in [-0.2, 0) is 0 Å². The number of nitrogen functional groups attached to an aromatic ring is 2. The molecule has 0 aliphatic rings. The number of hydrogen-bond donors (Lipinski definition) is 2. The standard InChI is InChI=1S/C14H16N2.N2/c1-9-7-11(15)3-5-13(9)14-6-4-12(16)8-10(14)2;1-2/h3-8H,15-16H2,1-2H3;. The summed E-state index contributed by atoms with van der Waals surface area (Å²) in [7, 11) is 0. The Morgan fingerprint density at radius 3 is 1.33 bits per heavy atom. The largest absolute Gasteiger partial charge is 0.399 e. The fraction of sp³-hybridized carbons (Fsp3) is 0.143. The number of nitrogens with zero attached hydrogens (tertiary/aromatic N) is 2. The van der Waals surface area contributed by atoms with E-state index in [4.69, 9.17) is 22.3 Å². The average molecular weight is 240 g/mol. The summed E-state index contributed by atoms with van der Waals surface area (Å²) >= 11 is 0. The zero-order valence-corrected chi connectivity index (χ0v) is 10.5. The minimum Gasteiger partial charge on any atom is -0.399 e. The number of anilines is 2. The van der Waals surface area contributed by atoms with E-state index in [1.807, 2.05) is 24.3 Å². The van der Waals surface area contributed by atoms with E-state index in [0.717, 1.165) is 11.4 Å². The van der Waals surface area contributed by atoms with Crippen LogP contribution >= 0.6 is 0 Å². The van der Waals surface area contributed by atoms with Gasteiger partial charge >= 0.3 is 0 Å². The highest BCUT2D eigenvalue weighted by atomic mass is 14.6. The van der Waals surface area contributed by atoms with E-state index in [9.17, 15) is 0 Å². The third-order valence-corrected chi connectivity index (χ3v) is 2.79. The Morgan fingerprint density at radius 1 is 0.722 bits per heavy atom. The van der Waals surface area contributed by atoms with Crippen LogP contribution in [0.25, 0.3) is 11.1 Å². The van der Waals surface area contributed by atoms with Crippen LogP contribution in [0, 0.1) is 24.6 Å². The Labute approximate surface area is 107 Å². The van der Waals surface area contributed by atoms with Crippen molar-refractivity contribution < 1.29 is 0 Å². The van der Waals surface area contributed by atoms with Gasteiger partial charge in [0.15, 0.2) is 0 Å². The van der Waals surface area contributed by atoms with Gasteiger partial charge in [-0.05, 0) is 60.4 Å². The quantitative estimate of drug-likeness (QED) is 0.590. The Balaban J connectivity index is 0.000000771. The lowest BCUT2D eigenvalue weighted by Crippen LogP contribution is -1.92. The first-order chi connectivity index (χ1) is 8.58. The smallest absolute Gasteiger partial charge is 0.0317 e. The van der Waals surface area contributed by atoms with Gasteiger partial charge in [0.05, 0.1) is 0 Å². The normalized spacial score (nSPS) is 9.33. The Morgan fingerprint density at radius 2 is 1.06 bits per heavy atom. The maximum Gasteiger partial charge on any atom is 0.0317 e. The van der Waals surface area contributed by atoms with E-state index < -0.39 is 0 Å². The number of hydrogen-bond acceptors (Lipinski definition) is 4. The molecule has 0 atom stereocenters. The average Bonchev–Trinajstić information content (AvgIpc) is 2.33. The molecule has 2 rings (SSSR count). The molecule has 0 amide bonds. The molecule has 0 unspecified atom stereocenters. The second-order valence-electron chi connectivity index (χ2n) is 4.15. The first-order valence-corrected chi connectivity index (χ1v) is 5.50. The molecule has 2 aromatic rings. The summed E-state index contributed by atoms with van der Waals surface area (Å²) in [6, 6.07) is 12.0. The van der Waals surface area contributed by atoms with Gasteiger partial charge in [0.25, 0.3) is 0 Å². The van der Waals surface area contributed by atoms with E-state index in [2.05, 4.69) is 26.0 Å². The second kappa shape index (κ2) is 5.69. The maximum absolute atomic E-state index is 6.00. The molecule has 2 aromatic carbocycles. The van der Waals surface area contributed by atoms with Gasteiger partial charge in [-0.3, -0.25) is 0 Å². The van der Waals surface area contributed by atoms with E-state index in [1.165, 1.54) is 22.3 Å². The molecule has 18 heavy (non-hydrogen) atoms. The molecule has 0 fully saturated rings. The predicted octanol–water partition coefficient (Wildman–Crippen LogP) is 3.17. The van der Waals surface area contributed by atoms with Gasteiger partial charge in [0.2, 0.25) is 0 Å². The fourth-order valence-electron chi connectivity index (χ4n) is 1.98. The van der Waals surface area contributed by atoms with Crippen molar-refractivity contribution in [2.45, 2.75) is 13.8 Å². The van der Waals surface area contributed by atoms with E-state index in [0.29, 0.717) is 0 Å². The Bertz CT molecular complexity index is 524. The van der Waals surface area contributed by atoms with Crippen LogP contribution in [-0.4, -0.2) is 0 Å². The summed E-state index contributed by atoms with van der Waals surface area (Å²) in [6.07, 6.45) is 0. The second-order valence-corrected chi connectivity index (χ2v) is 4.15. The van der Waals surface area contributed by atoms with Crippen LogP contribution in [0.3, 0.4) is 0 Å². The highest BCUT2D eigenvalue weighted by Crippen LogP contribution is 2.28. The zero-order chi connectivity index (χ0) is 13.7. The molecular weight excluding hydrogens is 224 g/mol. The van der Waals surface area contributed by atoms with Crippen LogP contribution in [0.15, 0.2) is 36.4 Å². The molecule has 0 aromatic heterocycles. The summed E-state index contributed by atoms with van der Waals surface area (Å²) in [5, 5.41) is 12.0. The van der Waals surface area contributed by atoms with Gasteiger partial charge in [0.1, 0.15) is 0 Å². The van der Waals surface area contributed by atoms with Gasteiger partial charge < -0.3 is 11.5 Å². The van der Waals surface area contributed by atoms with Crippen LogP contribution in [0.1, 0.15) is 11.1 Å². The van der Waals surface area contributed by atoms with Crippen molar-refractivity contribution in [2.75, 3.05) is 11.5 Å². The third kappa shape index (κ3) is 2.77. The van der Waals surface area contributed by atoms with Crippen molar-refractivity contribution in [2.24, 2.45) is 0 Å². The number of benzene rings is 2. The van der Waals surface area contributed by atoms with Crippen molar-refractivity contribution in [3.8, 4) is 11.1 Å². The van der Waals surface area contributed by atoms with Crippen LogP contribution in [0.4, 0.5) is 11.4 Å². The summed E-state index contributed by atoms with van der Waals surface area (Å²) in [5.41, 5.74) is 17.9. The number of aryl methyl sites for hydroxylation is 2. The molecule has 0 heterocycles. The molecule has 4 heteroatoms. The number of nitrogens with two attached hydrogens (primary N) is 2. The van der Waals surface area contributed by atoms with Crippen LogP contribution in [0.5, 0.6) is 0 Å². The van der Waals surface area contributed by atoms with E-state index in [-0.39, 0.29) is 0 Å².